The van der Waals surface area contributed by atoms with E-state index in [4.69, 9.17) is 11.6 Å². The number of nitrogens with zero attached hydrogens (tertiary/aromatic N) is 3. The van der Waals surface area contributed by atoms with Gasteiger partial charge in [-0.25, -0.2) is 4.98 Å². The third kappa shape index (κ3) is 2.72. The molecule has 0 amide bonds. The van der Waals surface area contributed by atoms with Crippen molar-refractivity contribution in [3.63, 3.8) is 0 Å². The average Bonchev–Trinajstić information content (AvgIpc) is 2.88. The van der Waals surface area contributed by atoms with Crippen LogP contribution in [-0.4, -0.2) is 26.0 Å². The summed E-state index contributed by atoms with van der Waals surface area (Å²) in [5.74, 6) is 0.740. The number of H-pyrrole nitrogens is 1. The van der Waals surface area contributed by atoms with Crippen molar-refractivity contribution in [3.05, 3.63) is 47.6 Å². The highest BCUT2D eigenvalue weighted by Crippen LogP contribution is 2.22. The van der Waals surface area contributed by atoms with E-state index >= 15 is 0 Å². The zero-order chi connectivity index (χ0) is 13.9. The van der Waals surface area contributed by atoms with Gasteiger partial charge in [0, 0.05) is 30.6 Å². The molecule has 0 saturated heterocycles. The van der Waals surface area contributed by atoms with Gasteiger partial charge in [-0.3, -0.25) is 4.98 Å². The molecule has 0 saturated carbocycles. The van der Waals surface area contributed by atoms with E-state index in [-0.39, 0.29) is 11.3 Å². The van der Waals surface area contributed by atoms with Gasteiger partial charge in [-0.15, -0.1) is 0 Å². The molecule has 0 bridgehead atoms. The van der Waals surface area contributed by atoms with Crippen LogP contribution in [0.1, 0.15) is 12.6 Å². The fourth-order valence-electron chi connectivity index (χ4n) is 2.14. The quantitative estimate of drug-likeness (QED) is 0.724. The molecule has 2 N–H and O–H groups in total. The van der Waals surface area contributed by atoms with Gasteiger partial charge in [0.15, 0.2) is 0 Å². The minimum Gasteiger partial charge on any atom is -0.367 e. The Morgan fingerprint density at radius 1 is 1.30 bits per heavy atom. The van der Waals surface area contributed by atoms with Gasteiger partial charge in [0.2, 0.25) is 5.28 Å². The summed E-state index contributed by atoms with van der Waals surface area (Å²) >= 11 is 5.93. The largest absolute Gasteiger partial charge is 0.367 e. The number of fused-ring (bicyclic) bond motifs is 1. The maximum atomic E-state index is 5.93. The van der Waals surface area contributed by atoms with Crippen LogP contribution in [0.4, 0.5) is 5.82 Å². The summed E-state index contributed by atoms with van der Waals surface area (Å²) < 4.78 is 0. The molecule has 0 spiro atoms. The molecule has 3 heterocycles. The number of anilines is 1. The first-order valence-electron chi connectivity index (χ1n) is 6.39. The molecule has 1 unspecified atom stereocenters. The third-order valence-corrected chi connectivity index (χ3v) is 3.18. The summed E-state index contributed by atoms with van der Waals surface area (Å²) in [5.41, 5.74) is 1.77. The van der Waals surface area contributed by atoms with Gasteiger partial charge in [0.1, 0.15) is 11.5 Å². The molecule has 5 nitrogen and oxygen atoms in total. The number of rotatable bonds is 4. The molecule has 0 aliphatic rings. The number of nitrogens with one attached hydrogen (secondary N) is 2. The Hall–Kier alpha value is -2.14. The summed E-state index contributed by atoms with van der Waals surface area (Å²) in [6.45, 7) is 2.09. The van der Waals surface area contributed by atoms with Gasteiger partial charge in [0.05, 0.1) is 5.39 Å². The highest BCUT2D eigenvalue weighted by Gasteiger charge is 2.11. The van der Waals surface area contributed by atoms with E-state index in [0.717, 1.165) is 29.0 Å². The minimum absolute atomic E-state index is 0.189. The van der Waals surface area contributed by atoms with Crippen molar-refractivity contribution >= 4 is 28.5 Å². The summed E-state index contributed by atoms with van der Waals surface area (Å²) in [4.78, 5) is 15.8. The van der Waals surface area contributed by atoms with Crippen molar-refractivity contribution in [1.29, 1.82) is 0 Å². The SMILES string of the molecule is CC(Cc1ccccn1)Nc1nc(Cl)nc2[nH]ccc12. The monoisotopic (exact) mass is 287 g/mol. The normalized spacial score (nSPS) is 12.5. The molecule has 3 rings (SSSR count). The average molecular weight is 288 g/mol. The lowest BCUT2D eigenvalue weighted by Crippen LogP contribution is -2.19. The van der Waals surface area contributed by atoms with Crippen LogP contribution in [0.25, 0.3) is 11.0 Å². The van der Waals surface area contributed by atoms with Crippen LogP contribution in [0.5, 0.6) is 0 Å². The van der Waals surface area contributed by atoms with Crippen molar-refractivity contribution in [3.8, 4) is 0 Å². The first-order chi connectivity index (χ1) is 9.72. The zero-order valence-corrected chi connectivity index (χ0v) is 11.7. The molecular formula is C14H14ClN5. The second-order valence-corrected chi connectivity index (χ2v) is 4.99. The molecule has 0 aromatic carbocycles. The van der Waals surface area contributed by atoms with Crippen LogP contribution >= 0.6 is 11.6 Å². The predicted molar refractivity (Wildman–Crippen MR) is 79.9 cm³/mol. The fraction of sp³-hybridized carbons (Fsp3) is 0.214. The second kappa shape index (κ2) is 5.46. The second-order valence-electron chi connectivity index (χ2n) is 4.65. The van der Waals surface area contributed by atoms with Gasteiger partial charge in [-0.2, -0.15) is 4.98 Å². The summed E-state index contributed by atoms with van der Waals surface area (Å²) in [6, 6.07) is 8.03. The molecule has 102 valence electrons. The molecule has 0 aliphatic carbocycles. The predicted octanol–water partition coefficient (Wildman–Crippen LogP) is 3.05. The van der Waals surface area contributed by atoms with E-state index < -0.39 is 0 Å². The molecule has 6 heteroatoms. The Morgan fingerprint density at radius 3 is 3.00 bits per heavy atom. The standard InChI is InChI=1S/C14H14ClN5/c1-9(8-10-4-2-3-6-16-10)18-13-11-5-7-17-12(11)19-14(15)20-13/h2-7,9H,8H2,1H3,(H2,17,18,19,20). The third-order valence-electron chi connectivity index (χ3n) is 3.01. The Bertz CT molecular complexity index is 710. The Labute approximate surface area is 121 Å². The maximum absolute atomic E-state index is 5.93. The first-order valence-corrected chi connectivity index (χ1v) is 6.77. The van der Waals surface area contributed by atoms with Gasteiger partial charge in [-0.05, 0) is 36.7 Å². The van der Waals surface area contributed by atoms with Crippen LogP contribution in [-0.2, 0) is 6.42 Å². The van der Waals surface area contributed by atoms with E-state index in [1.165, 1.54) is 0 Å². The molecule has 3 aromatic rings. The Balaban J connectivity index is 1.80. The molecule has 0 radical (unpaired) electrons. The van der Waals surface area contributed by atoms with Crippen molar-refractivity contribution in [2.45, 2.75) is 19.4 Å². The van der Waals surface area contributed by atoms with Crippen LogP contribution in [0.2, 0.25) is 5.28 Å². The first kappa shape index (κ1) is 12.9. The topological polar surface area (TPSA) is 66.5 Å². The van der Waals surface area contributed by atoms with Crippen molar-refractivity contribution in [2.75, 3.05) is 5.32 Å². The molecule has 0 aliphatic heterocycles. The highest BCUT2D eigenvalue weighted by atomic mass is 35.5. The molecule has 3 aromatic heterocycles. The summed E-state index contributed by atoms with van der Waals surface area (Å²) in [7, 11) is 0. The lowest BCUT2D eigenvalue weighted by molar-refractivity contribution is 0.766. The fourth-order valence-corrected chi connectivity index (χ4v) is 2.31. The van der Waals surface area contributed by atoms with Crippen LogP contribution < -0.4 is 5.32 Å². The number of pyridine rings is 1. The number of hydrogen-bond acceptors (Lipinski definition) is 4. The maximum Gasteiger partial charge on any atom is 0.226 e. The number of aromatic amines is 1. The van der Waals surface area contributed by atoms with E-state index in [1.54, 1.807) is 6.20 Å². The van der Waals surface area contributed by atoms with Crippen molar-refractivity contribution in [1.82, 2.24) is 19.9 Å². The Kier molecular flexibility index (Phi) is 3.52. The lowest BCUT2D eigenvalue weighted by atomic mass is 10.1. The number of halogens is 1. The zero-order valence-electron chi connectivity index (χ0n) is 11.0. The lowest BCUT2D eigenvalue weighted by Gasteiger charge is -2.14. The summed E-state index contributed by atoms with van der Waals surface area (Å²) in [5, 5.41) is 4.53. The summed E-state index contributed by atoms with van der Waals surface area (Å²) in [6.07, 6.45) is 4.44. The molecule has 1 atom stereocenters. The highest BCUT2D eigenvalue weighted by molar-refractivity contribution is 6.28. The smallest absolute Gasteiger partial charge is 0.226 e. The van der Waals surface area contributed by atoms with E-state index in [2.05, 4.69) is 32.2 Å². The molecular weight excluding hydrogens is 274 g/mol. The van der Waals surface area contributed by atoms with Gasteiger partial charge < -0.3 is 10.3 Å². The van der Waals surface area contributed by atoms with E-state index in [9.17, 15) is 0 Å². The van der Waals surface area contributed by atoms with Crippen LogP contribution in [0.3, 0.4) is 0 Å². The van der Waals surface area contributed by atoms with Crippen LogP contribution in [0, 0.1) is 0 Å². The minimum atomic E-state index is 0.189. The van der Waals surface area contributed by atoms with Crippen molar-refractivity contribution in [2.24, 2.45) is 0 Å². The number of aromatic nitrogens is 4. The number of hydrogen-bond donors (Lipinski definition) is 2. The van der Waals surface area contributed by atoms with Gasteiger partial charge >= 0.3 is 0 Å². The van der Waals surface area contributed by atoms with Crippen molar-refractivity contribution < 1.29 is 0 Å². The van der Waals surface area contributed by atoms with E-state index in [1.807, 2.05) is 30.5 Å². The molecule has 20 heavy (non-hydrogen) atoms. The van der Waals surface area contributed by atoms with Gasteiger partial charge in [-0.1, -0.05) is 6.07 Å². The van der Waals surface area contributed by atoms with E-state index in [0.29, 0.717) is 0 Å². The van der Waals surface area contributed by atoms with Crippen LogP contribution in [0.15, 0.2) is 36.7 Å². The Morgan fingerprint density at radius 2 is 2.20 bits per heavy atom. The van der Waals surface area contributed by atoms with Gasteiger partial charge in [0.25, 0.3) is 0 Å². The molecule has 0 fully saturated rings.